The highest BCUT2D eigenvalue weighted by Crippen LogP contribution is 2.34. The van der Waals surface area contributed by atoms with Crippen molar-refractivity contribution in [2.75, 3.05) is 37.8 Å². The van der Waals surface area contributed by atoms with Gasteiger partial charge in [0.05, 0.1) is 25.5 Å². The molecule has 22 heavy (non-hydrogen) atoms. The summed E-state index contributed by atoms with van der Waals surface area (Å²) < 4.78 is 11.0. The van der Waals surface area contributed by atoms with Crippen LogP contribution in [-0.4, -0.2) is 49.0 Å². The minimum absolute atomic E-state index is 0.211. The van der Waals surface area contributed by atoms with Crippen LogP contribution < -0.4 is 9.64 Å². The molecule has 0 saturated carbocycles. The summed E-state index contributed by atoms with van der Waals surface area (Å²) in [5.41, 5.74) is 1.60. The van der Waals surface area contributed by atoms with E-state index < -0.39 is 5.97 Å². The van der Waals surface area contributed by atoms with E-state index in [2.05, 4.69) is 4.98 Å². The van der Waals surface area contributed by atoms with Crippen LogP contribution in [0.1, 0.15) is 17.3 Å². The molecule has 0 radical (unpaired) electrons. The number of carboxylic acids is 1. The van der Waals surface area contributed by atoms with Crippen molar-refractivity contribution in [3.8, 4) is 5.75 Å². The molecule has 2 aromatic rings. The lowest BCUT2D eigenvalue weighted by molar-refractivity contribution is 0.0696. The molecule has 0 atom stereocenters. The summed E-state index contributed by atoms with van der Waals surface area (Å²) in [6, 6.07) is 5.61. The fraction of sp³-hybridized carbons (Fsp3) is 0.375. The Labute approximate surface area is 128 Å². The second kappa shape index (κ2) is 6.19. The van der Waals surface area contributed by atoms with Crippen molar-refractivity contribution in [3.63, 3.8) is 0 Å². The number of carboxylic acid groups (broad SMARTS) is 1. The molecule has 1 aromatic heterocycles. The monoisotopic (exact) mass is 302 g/mol. The summed E-state index contributed by atoms with van der Waals surface area (Å²) in [6.45, 7) is 4.96. The van der Waals surface area contributed by atoms with Gasteiger partial charge in [0.2, 0.25) is 0 Å². The lowest BCUT2D eigenvalue weighted by atomic mass is 10.1. The molecule has 0 aliphatic carbocycles. The fourth-order valence-electron chi connectivity index (χ4n) is 2.74. The number of para-hydroxylation sites is 1. The SMILES string of the molecule is CCOc1cccc2c(N3CCOCC3)c(C(=O)O)cnc12. The predicted molar refractivity (Wildman–Crippen MR) is 82.9 cm³/mol. The molecule has 0 bridgehead atoms. The van der Waals surface area contributed by atoms with Gasteiger partial charge in [0, 0.05) is 24.7 Å². The van der Waals surface area contributed by atoms with Crippen LogP contribution in [0.5, 0.6) is 5.75 Å². The molecule has 0 unspecified atom stereocenters. The van der Waals surface area contributed by atoms with E-state index in [1.165, 1.54) is 6.20 Å². The number of carbonyl (C=O) groups is 1. The van der Waals surface area contributed by atoms with E-state index in [4.69, 9.17) is 9.47 Å². The molecular weight excluding hydrogens is 284 g/mol. The summed E-state index contributed by atoms with van der Waals surface area (Å²) >= 11 is 0. The van der Waals surface area contributed by atoms with Crippen molar-refractivity contribution in [2.24, 2.45) is 0 Å². The zero-order valence-electron chi connectivity index (χ0n) is 12.4. The van der Waals surface area contributed by atoms with Gasteiger partial charge in [-0.2, -0.15) is 0 Å². The average molecular weight is 302 g/mol. The number of benzene rings is 1. The molecule has 1 saturated heterocycles. The number of rotatable bonds is 4. The van der Waals surface area contributed by atoms with Gasteiger partial charge in [0.15, 0.2) is 0 Å². The Kier molecular flexibility index (Phi) is 4.11. The Morgan fingerprint density at radius 1 is 1.41 bits per heavy atom. The van der Waals surface area contributed by atoms with E-state index in [9.17, 15) is 9.90 Å². The Morgan fingerprint density at radius 3 is 2.86 bits per heavy atom. The van der Waals surface area contributed by atoms with Gasteiger partial charge in [-0.1, -0.05) is 12.1 Å². The summed E-state index contributed by atoms with van der Waals surface area (Å²) in [7, 11) is 0. The molecule has 1 aliphatic heterocycles. The molecule has 1 aliphatic rings. The molecule has 6 nitrogen and oxygen atoms in total. The topological polar surface area (TPSA) is 71.9 Å². The summed E-state index contributed by atoms with van der Waals surface area (Å²) in [4.78, 5) is 18.0. The van der Waals surface area contributed by atoms with Crippen molar-refractivity contribution in [1.29, 1.82) is 0 Å². The van der Waals surface area contributed by atoms with E-state index in [0.717, 1.165) is 5.39 Å². The maximum Gasteiger partial charge on any atom is 0.339 e. The smallest absolute Gasteiger partial charge is 0.339 e. The van der Waals surface area contributed by atoms with Gasteiger partial charge in [-0.15, -0.1) is 0 Å². The third kappa shape index (κ3) is 2.57. The first-order chi connectivity index (χ1) is 10.7. The third-order valence-corrected chi connectivity index (χ3v) is 3.69. The molecular formula is C16H18N2O4. The Morgan fingerprint density at radius 2 is 2.18 bits per heavy atom. The van der Waals surface area contributed by atoms with Crippen LogP contribution in [0.3, 0.4) is 0 Å². The maximum absolute atomic E-state index is 11.6. The highest BCUT2D eigenvalue weighted by molar-refractivity contribution is 6.06. The number of hydrogen-bond acceptors (Lipinski definition) is 5. The second-order valence-electron chi connectivity index (χ2n) is 5.01. The van der Waals surface area contributed by atoms with Gasteiger partial charge in [-0.05, 0) is 13.0 Å². The minimum atomic E-state index is -0.974. The largest absolute Gasteiger partial charge is 0.492 e. The molecule has 3 rings (SSSR count). The fourth-order valence-corrected chi connectivity index (χ4v) is 2.74. The lowest BCUT2D eigenvalue weighted by Crippen LogP contribution is -2.37. The van der Waals surface area contributed by atoms with Gasteiger partial charge >= 0.3 is 5.97 Å². The van der Waals surface area contributed by atoms with Crippen molar-refractivity contribution < 1.29 is 19.4 Å². The summed E-state index contributed by atoms with van der Waals surface area (Å²) in [6.07, 6.45) is 1.41. The van der Waals surface area contributed by atoms with Crippen LogP contribution in [0.2, 0.25) is 0 Å². The van der Waals surface area contributed by atoms with Crippen molar-refractivity contribution in [3.05, 3.63) is 30.0 Å². The van der Waals surface area contributed by atoms with Crippen molar-refractivity contribution >= 4 is 22.6 Å². The Hall–Kier alpha value is -2.34. The quantitative estimate of drug-likeness (QED) is 0.933. The number of aromatic nitrogens is 1. The van der Waals surface area contributed by atoms with Gasteiger partial charge in [0.25, 0.3) is 0 Å². The molecule has 0 amide bonds. The highest BCUT2D eigenvalue weighted by Gasteiger charge is 2.22. The first-order valence-corrected chi connectivity index (χ1v) is 7.33. The predicted octanol–water partition coefficient (Wildman–Crippen LogP) is 2.17. The van der Waals surface area contributed by atoms with Crippen molar-refractivity contribution in [1.82, 2.24) is 4.98 Å². The van der Waals surface area contributed by atoms with Crippen LogP contribution in [0, 0.1) is 0 Å². The van der Waals surface area contributed by atoms with Crippen molar-refractivity contribution in [2.45, 2.75) is 6.92 Å². The zero-order chi connectivity index (χ0) is 15.5. The normalized spacial score (nSPS) is 15.0. The molecule has 0 spiro atoms. The standard InChI is InChI=1S/C16H18N2O4/c1-2-22-13-5-3-4-11-14(13)17-10-12(16(19)20)15(11)18-6-8-21-9-7-18/h3-5,10H,2,6-9H2,1H3,(H,19,20). The number of ether oxygens (including phenoxy) is 2. The van der Waals surface area contributed by atoms with E-state index in [1.807, 2.05) is 30.0 Å². The Bertz CT molecular complexity index is 696. The maximum atomic E-state index is 11.6. The number of aromatic carboxylic acids is 1. The lowest BCUT2D eigenvalue weighted by Gasteiger charge is -2.31. The molecule has 116 valence electrons. The second-order valence-corrected chi connectivity index (χ2v) is 5.01. The molecule has 2 heterocycles. The first-order valence-electron chi connectivity index (χ1n) is 7.33. The van der Waals surface area contributed by atoms with Crippen LogP contribution >= 0.6 is 0 Å². The molecule has 1 aromatic carbocycles. The van der Waals surface area contributed by atoms with E-state index >= 15 is 0 Å². The van der Waals surface area contributed by atoms with Crippen LogP contribution in [0.15, 0.2) is 24.4 Å². The van der Waals surface area contributed by atoms with Gasteiger partial charge in [0.1, 0.15) is 16.8 Å². The number of anilines is 1. The minimum Gasteiger partial charge on any atom is -0.492 e. The number of morpholine rings is 1. The molecule has 1 N–H and O–H groups in total. The van der Waals surface area contributed by atoms with Gasteiger partial charge < -0.3 is 19.5 Å². The van der Waals surface area contributed by atoms with E-state index in [0.29, 0.717) is 49.9 Å². The van der Waals surface area contributed by atoms with Crippen LogP contribution in [0.25, 0.3) is 10.9 Å². The number of hydrogen-bond donors (Lipinski definition) is 1. The van der Waals surface area contributed by atoms with Gasteiger partial charge in [-0.3, -0.25) is 4.98 Å². The van der Waals surface area contributed by atoms with Crippen LogP contribution in [-0.2, 0) is 4.74 Å². The molecule has 1 fully saturated rings. The zero-order valence-corrected chi connectivity index (χ0v) is 12.4. The Balaban J connectivity index is 2.21. The number of nitrogens with zero attached hydrogens (tertiary/aromatic N) is 2. The summed E-state index contributed by atoms with van der Waals surface area (Å²) in [5, 5.41) is 10.3. The van der Waals surface area contributed by atoms with Gasteiger partial charge in [-0.25, -0.2) is 4.79 Å². The van der Waals surface area contributed by atoms with Crippen LogP contribution in [0.4, 0.5) is 5.69 Å². The highest BCUT2D eigenvalue weighted by atomic mass is 16.5. The molecule has 6 heteroatoms. The van der Waals surface area contributed by atoms with E-state index in [-0.39, 0.29) is 5.56 Å². The first kappa shape index (κ1) is 14.6. The van der Waals surface area contributed by atoms with E-state index in [1.54, 1.807) is 0 Å². The number of pyridine rings is 1. The summed E-state index contributed by atoms with van der Waals surface area (Å²) in [5.74, 6) is -0.302. The number of fused-ring (bicyclic) bond motifs is 1. The average Bonchev–Trinajstić information content (AvgIpc) is 2.55. The third-order valence-electron chi connectivity index (χ3n) is 3.69.